The molecule has 0 amide bonds. The van der Waals surface area contributed by atoms with E-state index in [1.54, 1.807) is 11.5 Å². The van der Waals surface area contributed by atoms with Crippen molar-refractivity contribution < 1.29 is 19.0 Å². The number of aromatic nitrogens is 1. The van der Waals surface area contributed by atoms with Gasteiger partial charge in [-0.1, -0.05) is 78.1 Å². The molecule has 1 aromatic heterocycles. The van der Waals surface area contributed by atoms with Crippen LogP contribution in [-0.2, 0) is 9.53 Å². The molecule has 8 heteroatoms. The Morgan fingerprint density at radius 1 is 1.03 bits per heavy atom. The zero-order valence-corrected chi connectivity index (χ0v) is 21.4. The van der Waals surface area contributed by atoms with E-state index in [1.165, 1.54) is 11.3 Å². The van der Waals surface area contributed by atoms with Crippen LogP contribution in [0, 0.1) is 0 Å². The molecule has 0 saturated heterocycles. The number of hydrogen-bond donors (Lipinski definition) is 0. The number of thiazole rings is 1. The van der Waals surface area contributed by atoms with Crippen LogP contribution in [0.3, 0.4) is 0 Å². The first kappa shape index (κ1) is 23.9. The van der Waals surface area contributed by atoms with E-state index >= 15 is 0 Å². The number of carbonyl (C=O) groups excluding carboxylic acids is 1. The first-order valence-electron chi connectivity index (χ1n) is 12.4. The van der Waals surface area contributed by atoms with Gasteiger partial charge in [-0.2, -0.15) is 0 Å². The fraction of sp³-hybridized carbons (Fsp3) is 0.167. The van der Waals surface area contributed by atoms with Crippen LogP contribution in [0.1, 0.15) is 29.7 Å². The van der Waals surface area contributed by atoms with Gasteiger partial charge < -0.3 is 14.2 Å². The minimum atomic E-state index is -0.691. The van der Waals surface area contributed by atoms with Gasteiger partial charge in [-0.25, -0.2) is 9.79 Å². The fourth-order valence-corrected chi connectivity index (χ4v) is 5.69. The van der Waals surface area contributed by atoms with Gasteiger partial charge in [0.05, 0.1) is 28.5 Å². The van der Waals surface area contributed by atoms with Gasteiger partial charge in [0, 0.05) is 5.56 Å². The van der Waals surface area contributed by atoms with Crippen LogP contribution in [0.4, 0.5) is 0 Å². The maximum absolute atomic E-state index is 13.9. The predicted octanol–water partition coefficient (Wildman–Crippen LogP) is 3.71. The number of benzene rings is 3. The molecule has 4 aromatic rings. The number of fused-ring (bicyclic) bond motifs is 2. The third kappa shape index (κ3) is 4.33. The molecule has 0 N–H and O–H groups in total. The molecular weight excluding hydrogens is 500 g/mol. The van der Waals surface area contributed by atoms with Crippen molar-refractivity contribution in [2.45, 2.75) is 13.0 Å². The minimum absolute atomic E-state index is 0.209. The van der Waals surface area contributed by atoms with Crippen molar-refractivity contribution >= 4 is 29.1 Å². The van der Waals surface area contributed by atoms with E-state index in [2.05, 4.69) is 0 Å². The molecule has 38 heavy (non-hydrogen) atoms. The van der Waals surface area contributed by atoms with Crippen LogP contribution in [0.5, 0.6) is 11.5 Å². The zero-order valence-electron chi connectivity index (χ0n) is 20.6. The summed E-state index contributed by atoms with van der Waals surface area (Å²) in [5, 5.41) is 0. The second-order valence-corrected chi connectivity index (χ2v) is 9.75. The monoisotopic (exact) mass is 524 g/mol. The van der Waals surface area contributed by atoms with Gasteiger partial charge in [-0.3, -0.25) is 9.36 Å². The summed E-state index contributed by atoms with van der Waals surface area (Å²) in [6.45, 7) is 2.97. The number of hydrogen-bond acceptors (Lipinski definition) is 7. The normalized spacial score (nSPS) is 16.6. The van der Waals surface area contributed by atoms with Crippen LogP contribution in [-0.4, -0.2) is 30.4 Å². The maximum Gasteiger partial charge on any atom is 0.338 e. The maximum atomic E-state index is 13.9. The highest BCUT2D eigenvalue weighted by Crippen LogP contribution is 2.35. The molecule has 0 unspecified atom stereocenters. The van der Waals surface area contributed by atoms with Crippen molar-refractivity contribution in [2.75, 3.05) is 19.8 Å². The minimum Gasteiger partial charge on any atom is -0.486 e. The van der Waals surface area contributed by atoms with Crippen molar-refractivity contribution in [3.05, 3.63) is 121 Å². The van der Waals surface area contributed by atoms with Crippen LogP contribution in [0.15, 0.2) is 94.2 Å². The lowest BCUT2D eigenvalue weighted by molar-refractivity contribution is -0.138. The van der Waals surface area contributed by atoms with Crippen LogP contribution >= 0.6 is 11.3 Å². The van der Waals surface area contributed by atoms with E-state index in [0.717, 1.165) is 16.7 Å². The number of esters is 1. The third-order valence-electron chi connectivity index (χ3n) is 6.35. The molecule has 0 aliphatic carbocycles. The number of ether oxygens (including phenoxy) is 3. The molecule has 0 spiro atoms. The summed E-state index contributed by atoms with van der Waals surface area (Å²) < 4.78 is 18.9. The van der Waals surface area contributed by atoms with E-state index in [9.17, 15) is 9.59 Å². The van der Waals surface area contributed by atoms with Crippen molar-refractivity contribution in [3.8, 4) is 11.5 Å². The molecule has 0 fully saturated rings. The molecule has 7 nitrogen and oxygen atoms in total. The van der Waals surface area contributed by atoms with Crippen molar-refractivity contribution in [1.82, 2.24) is 4.57 Å². The molecule has 2 aliphatic heterocycles. The summed E-state index contributed by atoms with van der Waals surface area (Å²) in [4.78, 5) is 32.7. The van der Waals surface area contributed by atoms with Gasteiger partial charge in [0.1, 0.15) is 13.2 Å². The first-order chi connectivity index (χ1) is 18.6. The Bertz CT molecular complexity index is 1720. The molecule has 0 bridgehead atoms. The summed E-state index contributed by atoms with van der Waals surface area (Å²) in [5.41, 5.74) is 2.99. The molecule has 3 heterocycles. The van der Waals surface area contributed by atoms with Gasteiger partial charge in [0.15, 0.2) is 16.3 Å². The van der Waals surface area contributed by atoms with E-state index < -0.39 is 12.0 Å². The molecule has 1 atom stereocenters. The lowest BCUT2D eigenvalue weighted by Gasteiger charge is -2.25. The van der Waals surface area contributed by atoms with Gasteiger partial charge in [-0.05, 0) is 36.3 Å². The van der Waals surface area contributed by atoms with E-state index in [-0.39, 0.29) is 12.2 Å². The predicted molar refractivity (Wildman–Crippen MR) is 145 cm³/mol. The number of nitrogens with zero attached hydrogens (tertiary/aromatic N) is 2. The van der Waals surface area contributed by atoms with E-state index in [1.807, 2.05) is 84.9 Å². The topological polar surface area (TPSA) is 79.1 Å². The SMILES string of the molecule is CCOC(=O)C1=C(c2ccccc2)N=c2s/c(=C\c3ccc4c(c3)OCCO4)c(=O)n2[C@H]1c1ccccc1. The molecule has 190 valence electrons. The Hall–Kier alpha value is -4.43. The first-order valence-corrected chi connectivity index (χ1v) is 13.2. The summed E-state index contributed by atoms with van der Waals surface area (Å²) in [5.74, 6) is 0.839. The summed E-state index contributed by atoms with van der Waals surface area (Å²) in [7, 11) is 0. The van der Waals surface area contributed by atoms with Gasteiger partial charge in [0.2, 0.25) is 0 Å². The summed E-state index contributed by atoms with van der Waals surface area (Å²) in [6.07, 6.45) is 1.82. The molecule has 6 rings (SSSR count). The number of carbonyl (C=O) groups is 1. The zero-order chi connectivity index (χ0) is 26.1. The molecule has 0 saturated carbocycles. The molecule has 2 aliphatic rings. The smallest absolute Gasteiger partial charge is 0.338 e. The Labute approximate surface area is 222 Å². The molecule has 3 aromatic carbocycles. The van der Waals surface area contributed by atoms with Crippen LogP contribution in [0.2, 0.25) is 0 Å². The van der Waals surface area contributed by atoms with Crippen LogP contribution in [0.25, 0.3) is 11.8 Å². The largest absolute Gasteiger partial charge is 0.486 e. The van der Waals surface area contributed by atoms with Gasteiger partial charge in [0.25, 0.3) is 5.56 Å². The fourth-order valence-electron chi connectivity index (χ4n) is 4.69. The number of rotatable bonds is 5. The van der Waals surface area contributed by atoms with E-state index in [4.69, 9.17) is 19.2 Å². The van der Waals surface area contributed by atoms with Crippen molar-refractivity contribution in [1.29, 1.82) is 0 Å². The average molecular weight is 525 g/mol. The quantitative estimate of drug-likeness (QED) is 0.372. The standard InChI is InChI=1S/C30H24N2O5S/c1-2-35-29(34)25-26(20-9-5-3-6-10-20)31-30-32(27(25)21-11-7-4-8-12-21)28(33)24(38-30)18-19-13-14-22-23(17-19)37-16-15-36-22/h3-14,17-18,27H,2,15-16H2,1H3/b24-18-/t27-/m0/s1. The Morgan fingerprint density at radius 3 is 2.47 bits per heavy atom. The highest BCUT2D eigenvalue weighted by Gasteiger charge is 2.35. The Balaban J connectivity index is 1.59. The molecule has 0 radical (unpaired) electrons. The highest BCUT2D eigenvalue weighted by atomic mass is 32.1. The van der Waals surface area contributed by atoms with Crippen molar-refractivity contribution in [3.63, 3.8) is 0 Å². The summed E-state index contributed by atoms with van der Waals surface area (Å²) in [6, 6.07) is 23.9. The highest BCUT2D eigenvalue weighted by molar-refractivity contribution is 7.07. The lowest BCUT2D eigenvalue weighted by atomic mass is 9.93. The van der Waals surface area contributed by atoms with Crippen LogP contribution < -0.4 is 24.4 Å². The third-order valence-corrected chi connectivity index (χ3v) is 7.34. The molecular formula is C30H24N2O5S. The average Bonchev–Trinajstić information content (AvgIpc) is 3.27. The summed E-state index contributed by atoms with van der Waals surface area (Å²) >= 11 is 1.29. The Morgan fingerprint density at radius 2 is 1.74 bits per heavy atom. The van der Waals surface area contributed by atoms with Gasteiger partial charge in [-0.15, -0.1) is 0 Å². The van der Waals surface area contributed by atoms with Gasteiger partial charge >= 0.3 is 5.97 Å². The Kier molecular flexibility index (Phi) is 6.39. The lowest BCUT2D eigenvalue weighted by Crippen LogP contribution is -2.39. The van der Waals surface area contributed by atoms with E-state index in [0.29, 0.717) is 45.3 Å². The van der Waals surface area contributed by atoms with Crippen molar-refractivity contribution in [2.24, 2.45) is 4.99 Å². The second-order valence-electron chi connectivity index (χ2n) is 8.75. The second kappa shape index (κ2) is 10.1.